The van der Waals surface area contributed by atoms with Gasteiger partial charge in [0.1, 0.15) is 29.6 Å². The lowest BCUT2D eigenvalue weighted by Gasteiger charge is -2.23. The Morgan fingerprint density at radius 3 is 2.39 bits per heavy atom. The van der Waals surface area contributed by atoms with Crippen molar-refractivity contribution >= 4 is 28.1 Å². The molecule has 7 nitrogen and oxygen atoms in total. The number of fused-ring (bicyclic) bond motifs is 1. The van der Waals surface area contributed by atoms with E-state index in [9.17, 15) is 13.6 Å². The summed E-state index contributed by atoms with van der Waals surface area (Å²) in [6.07, 6.45) is 4.86. The standard InChI is InChI=1S/C35H39F2N3O4/c1-5-30(25-19-27(36)21-28(37)20-25)33(23-9-12-29(13-10-23)42-17-15-38-34(41)44-35(2,3)4)24-11-14-31-26(18-24)22-39-40(31)32-8-6-7-16-43-32/h9-14,18-22,32H,5-8,15-17H2,1-4H3,(H,38,41). The summed E-state index contributed by atoms with van der Waals surface area (Å²) in [5.41, 5.74) is 4.32. The first-order valence-corrected chi connectivity index (χ1v) is 15.1. The maximum absolute atomic E-state index is 14.4. The van der Waals surface area contributed by atoms with Crippen molar-refractivity contribution in [3.63, 3.8) is 0 Å². The quantitative estimate of drug-likeness (QED) is 0.154. The molecular formula is C35H39F2N3O4. The van der Waals surface area contributed by atoms with Crippen LogP contribution < -0.4 is 10.1 Å². The van der Waals surface area contributed by atoms with Gasteiger partial charge in [-0.05, 0) is 111 Å². The molecule has 1 unspecified atom stereocenters. The van der Waals surface area contributed by atoms with Crippen molar-refractivity contribution in [1.29, 1.82) is 0 Å². The number of aromatic nitrogens is 2. The van der Waals surface area contributed by atoms with Crippen LogP contribution in [0.25, 0.3) is 22.0 Å². The summed E-state index contributed by atoms with van der Waals surface area (Å²) < 4.78 is 47.8. The smallest absolute Gasteiger partial charge is 0.407 e. The molecule has 1 fully saturated rings. The van der Waals surface area contributed by atoms with E-state index >= 15 is 0 Å². The number of carbonyl (C=O) groups excluding carboxylic acids is 1. The second-order valence-corrected chi connectivity index (χ2v) is 11.9. The van der Waals surface area contributed by atoms with E-state index in [0.717, 1.165) is 65.1 Å². The Hall–Kier alpha value is -4.24. The molecule has 9 heteroatoms. The van der Waals surface area contributed by atoms with Crippen LogP contribution in [-0.2, 0) is 9.47 Å². The van der Waals surface area contributed by atoms with E-state index in [1.807, 2.05) is 54.2 Å². The average molecular weight is 604 g/mol. The molecular weight excluding hydrogens is 564 g/mol. The van der Waals surface area contributed by atoms with Gasteiger partial charge in [-0.25, -0.2) is 18.3 Å². The Kier molecular flexibility index (Phi) is 9.64. The molecule has 1 aliphatic heterocycles. The number of hydrogen-bond acceptors (Lipinski definition) is 5. The molecule has 5 rings (SSSR count). The minimum absolute atomic E-state index is 0.0875. The molecule has 1 amide bonds. The Morgan fingerprint density at radius 2 is 1.73 bits per heavy atom. The van der Waals surface area contributed by atoms with Gasteiger partial charge in [0.25, 0.3) is 0 Å². The highest BCUT2D eigenvalue weighted by Gasteiger charge is 2.21. The molecule has 1 saturated heterocycles. The zero-order valence-electron chi connectivity index (χ0n) is 25.7. The molecule has 0 spiro atoms. The summed E-state index contributed by atoms with van der Waals surface area (Å²) in [4.78, 5) is 11.9. The summed E-state index contributed by atoms with van der Waals surface area (Å²) in [5, 5.41) is 8.27. The monoisotopic (exact) mass is 603 g/mol. The number of carbonyl (C=O) groups is 1. The molecule has 1 aliphatic rings. The number of halogens is 2. The largest absolute Gasteiger partial charge is 0.492 e. The Labute approximate surface area is 256 Å². The van der Waals surface area contributed by atoms with E-state index in [1.165, 1.54) is 12.1 Å². The summed E-state index contributed by atoms with van der Waals surface area (Å²) in [7, 11) is 0. The van der Waals surface area contributed by atoms with Gasteiger partial charge in [0.15, 0.2) is 6.23 Å². The Bertz CT molecular complexity index is 1610. The van der Waals surface area contributed by atoms with Gasteiger partial charge in [-0.2, -0.15) is 5.10 Å². The van der Waals surface area contributed by atoms with Crippen molar-refractivity contribution in [2.24, 2.45) is 0 Å². The van der Waals surface area contributed by atoms with Gasteiger partial charge in [0.05, 0.1) is 18.3 Å². The van der Waals surface area contributed by atoms with E-state index in [-0.39, 0.29) is 19.4 Å². The van der Waals surface area contributed by atoms with Crippen molar-refractivity contribution in [1.82, 2.24) is 15.1 Å². The molecule has 1 atom stereocenters. The third-order valence-electron chi connectivity index (χ3n) is 7.36. The molecule has 2 heterocycles. The molecule has 0 saturated carbocycles. The third kappa shape index (κ3) is 7.63. The molecule has 1 N–H and O–H groups in total. The average Bonchev–Trinajstić information content (AvgIpc) is 3.41. The fraction of sp³-hybridized carbons (Fsp3) is 0.371. The highest BCUT2D eigenvalue weighted by molar-refractivity contribution is 6.00. The maximum atomic E-state index is 14.4. The zero-order chi connectivity index (χ0) is 31.3. The number of hydrogen-bond donors (Lipinski definition) is 1. The van der Waals surface area contributed by atoms with Crippen molar-refractivity contribution in [3.8, 4) is 5.75 Å². The highest BCUT2D eigenvalue weighted by Crippen LogP contribution is 2.37. The van der Waals surface area contributed by atoms with Crippen LogP contribution in [0.15, 0.2) is 66.9 Å². The lowest BCUT2D eigenvalue weighted by molar-refractivity contribution is -0.0366. The van der Waals surface area contributed by atoms with Gasteiger partial charge in [-0.3, -0.25) is 0 Å². The van der Waals surface area contributed by atoms with Gasteiger partial charge < -0.3 is 19.5 Å². The van der Waals surface area contributed by atoms with Crippen LogP contribution in [0, 0.1) is 11.6 Å². The molecule has 4 aromatic rings. The number of nitrogens with zero attached hydrogens (tertiary/aromatic N) is 2. The number of rotatable bonds is 9. The molecule has 44 heavy (non-hydrogen) atoms. The van der Waals surface area contributed by atoms with Crippen LogP contribution >= 0.6 is 0 Å². The number of benzene rings is 3. The number of amides is 1. The number of allylic oxidation sites excluding steroid dienone is 1. The summed E-state index contributed by atoms with van der Waals surface area (Å²) in [5.74, 6) is -0.630. The SMILES string of the molecule is CCC(=C(c1ccc(OCCNC(=O)OC(C)(C)C)cc1)c1ccc2c(cnn2C2CCCCO2)c1)c1cc(F)cc(F)c1. The molecule has 0 aliphatic carbocycles. The van der Waals surface area contributed by atoms with Crippen molar-refractivity contribution in [3.05, 3.63) is 95.2 Å². The van der Waals surface area contributed by atoms with Crippen LogP contribution in [0.4, 0.5) is 13.6 Å². The minimum atomic E-state index is -0.627. The highest BCUT2D eigenvalue weighted by atomic mass is 19.1. The number of nitrogens with one attached hydrogen (secondary N) is 1. The van der Waals surface area contributed by atoms with E-state index in [4.69, 9.17) is 14.2 Å². The van der Waals surface area contributed by atoms with Gasteiger partial charge in [-0.1, -0.05) is 25.1 Å². The summed E-state index contributed by atoms with van der Waals surface area (Å²) >= 11 is 0. The first-order valence-electron chi connectivity index (χ1n) is 15.1. The van der Waals surface area contributed by atoms with Gasteiger partial charge in [-0.15, -0.1) is 0 Å². The lowest BCUT2D eigenvalue weighted by atomic mass is 9.87. The first-order chi connectivity index (χ1) is 21.1. The van der Waals surface area contributed by atoms with Crippen LogP contribution in [0.3, 0.4) is 0 Å². The minimum Gasteiger partial charge on any atom is -0.492 e. The van der Waals surface area contributed by atoms with Crippen molar-refractivity contribution in [2.75, 3.05) is 19.8 Å². The van der Waals surface area contributed by atoms with Crippen LogP contribution in [0.5, 0.6) is 5.75 Å². The van der Waals surface area contributed by atoms with E-state index in [1.54, 1.807) is 20.8 Å². The van der Waals surface area contributed by atoms with Gasteiger partial charge in [0.2, 0.25) is 0 Å². The fourth-order valence-corrected chi connectivity index (χ4v) is 5.48. The fourth-order valence-electron chi connectivity index (χ4n) is 5.48. The first kappa shape index (κ1) is 31.2. The summed E-state index contributed by atoms with van der Waals surface area (Å²) in [6.45, 7) is 8.66. The van der Waals surface area contributed by atoms with E-state index in [2.05, 4.69) is 16.5 Å². The molecule has 0 radical (unpaired) electrons. The number of ether oxygens (including phenoxy) is 3. The van der Waals surface area contributed by atoms with Crippen molar-refractivity contribution in [2.45, 2.75) is 65.2 Å². The third-order valence-corrected chi connectivity index (χ3v) is 7.36. The normalized spacial score (nSPS) is 16.0. The molecule has 1 aromatic heterocycles. The summed E-state index contributed by atoms with van der Waals surface area (Å²) in [6, 6.07) is 17.3. The Morgan fingerprint density at radius 1 is 1.00 bits per heavy atom. The van der Waals surface area contributed by atoms with Gasteiger partial charge >= 0.3 is 6.09 Å². The van der Waals surface area contributed by atoms with Crippen LogP contribution in [0.2, 0.25) is 0 Å². The number of alkyl carbamates (subject to hydrolysis) is 1. The molecule has 232 valence electrons. The molecule has 0 bridgehead atoms. The van der Waals surface area contributed by atoms with Crippen LogP contribution in [-0.4, -0.2) is 41.2 Å². The topological polar surface area (TPSA) is 74.6 Å². The van der Waals surface area contributed by atoms with E-state index < -0.39 is 23.3 Å². The van der Waals surface area contributed by atoms with Gasteiger partial charge in [0, 0.05) is 18.1 Å². The Balaban J connectivity index is 1.45. The zero-order valence-corrected chi connectivity index (χ0v) is 25.7. The van der Waals surface area contributed by atoms with Crippen molar-refractivity contribution < 1.29 is 27.8 Å². The lowest BCUT2D eigenvalue weighted by Crippen LogP contribution is -2.34. The van der Waals surface area contributed by atoms with E-state index in [0.29, 0.717) is 17.7 Å². The molecule has 3 aromatic carbocycles. The predicted molar refractivity (Wildman–Crippen MR) is 167 cm³/mol. The predicted octanol–water partition coefficient (Wildman–Crippen LogP) is 8.29. The maximum Gasteiger partial charge on any atom is 0.407 e. The van der Waals surface area contributed by atoms with Crippen LogP contribution in [0.1, 0.15) is 76.3 Å². The second kappa shape index (κ2) is 13.6. The second-order valence-electron chi connectivity index (χ2n) is 11.9.